The lowest BCUT2D eigenvalue weighted by molar-refractivity contribution is 0.551. The van der Waals surface area contributed by atoms with Gasteiger partial charge in [-0.05, 0) is 49.6 Å². The van der Waals surface area contributed by atoms with Crippen molar-refractivity contribution in [3.63, 3.8) is 0 Å². The lowest BCUT2D eigenvalue weighted by Gasteiger charge is -2.39. The van der Waals surface area contributed by atoms with Crippen LogP contribution in [0.4, 0.5) is 5.69 Å². The second-order valence-corrected chi connectivity index (χ2v) is 8.13. The van der Waals surface area contributed by atoms with Gasteiger partial charge in [0.05, 0.1) is 0 Å². The first-order valence-electron chi connectivity index (χ1n) is 8.17. The van der Waals surface area contributed by atoms with E-state index in [9.17, 15) is 0 Å². The smallest absolute Gasteiger partial charge is 0.0378 e. The van der Waals surface area contributed by atoms with Gasteiger partial charge in [0.25, 0.3) is 0 Å². The van der Waals surface area contributed by atoms with Crippen molar-refractivity contribution in [3.05, 3.63) is 29.3 Å². The molecule has 3 heteroatoms. The fraction of sp³-hybridized carbons (Fsp3) is 0.667. The number of anilines is 1. The summed E-state index contributed by atoms with van der Waals surface area (Å²) in [5.74, 6) is 1.94. The molecule has 2 nitrogen and oxygen atoms in total. The van der Waals surface area contributed by atoms with Gasteiger partial charge in [0.1, 0.15) is 0 Å². The first-order chi connectivity index (χ1) is 9.99. The van der Waals surface area contributed by atoms with Crippen LogP contribution >= 0.6 is 11.8 Å². The van der Waals surface area contributed by atoms with Crippen LogP contribution in [0.5, 0.6) is 0 Å². The monoisotopic (exact) mass is 306 g/mol. The van der Waals surface area contributed by atoms with Crippen LogP contribution in [-0.2, 0) is 6.54 Å². The molecule has 1 saturated heterocycles. The molecule has 1 N–H and O–H groups in total. The van der Waals surface area contributed by atoms with Gasteiger partial charge in [0.2, 0.25) is 0 Å². The number of thioether (sulfide) groups is 1. The molecule has 0 radical (unpaired) electrons. The Hall–Kier alpha value is -0.670. The highest BCUT2D eigenvalue weighted by Gasteiger charge is 2.25. The summed E-state index contributed by atoms with van der Waals surface area (Å²) in [6.07, 6.45) is 0. The Morgan fingerprint density at radius 2 is 2.10 bits per heavy atom. The van der Waals surface area contributed by atoms with Gasteiger partial charge in [-0.25, -0.2) is 0 Å². The van der Waals surface area contributed by atoms with Crippen molar-refractivity contribution >= 4 is 17.4 Å². The van der Waals surface area contributed by atoms with Gasteiger partial charge >= 0.3 is 0 Å². The number of nitrogens with zero attached hydrogens (tertiary/aromatic N) is 1. The molecule has 0 spiro atoms. The zero-order valence-electron chi connectivity index (χ0n) is 14.1. The molecule has 0 saturated carbocycles. The molecule has 0 bridgehead atoms. The van der Waals surface area contributed by atoms with E-state index in [1.54, 1.807) is 0 Å². The van der Waals surface area contributed by atoms with E-state index in [4.69, 9.17) is 0 Å². The van der Waals surface area contributed by atoms with E-state index in [0.717, 1.165) is 13.1 Å². The van der Waals surface area contributed by atoms with E-state index in [0.29, 0.717) is 17.2 Å². The number of benzene rings is 1. The van der Waals surface area contributed by atoms with Crippen LogP contribution in [-0.4, -0.2) is 30.1 Å². The van der Waals surface area contributed by atoms with Crippen molar-refractivity contribution in [1.82, 2.24) is 5.32 Å². The molecule has 1 aromatic carbocycles. The van der Waals surface area contributed by atoms with E-state index < -0.39 is 0 Å². The summed E-state index contributed by atoms with van der Waals surface area (Å²) in [5.41, 5.74) is 4.22. The van der Waals surface area contributed by atoms with Crippen molar-refractivity contribution in [2.24, 2.45) is 5.92 Å². The predicted molar refractivity (Wildman–Crippen MR) is 96.5 cm³/mol. The van der Waals surface area contributed by atoms with Crippen molar-refractivity contribution in [2.75, 3.05) is 23.7 Å². The molecule has 21 heavy (non-hydrogen) atoms. The highest BCUT2D eigenvalue weighted by atomic mass is 32.2. The molecular weight excluding hydrogens is 276 g/mol. The average Bonchev–Trinajstić information content (AvgIpc) is 2.43. The maximum atomic E-state index is 3.54. The summed E-state index contributed by atoms with van der Waals surface area (Å²) >= 11 is 2.09. The largest absolute Gasteiger partial charge is 0.367 e. The fourth-order valence-electron chi connectivity index (χ4n) is 2.85. The molecule has 118 valence electrons. The Bertz CT molecular complexity index is 459. The maximum Gasteiger partial charge on any atom is 0.0378 e. The molecule has 0 aliphatic carbocycles. The minimum absolute atomic E-state index is 0.619. The van der Waals surface area contributed by atoms with E-state index in [-0.39, 0.29) is 0 Å². The molecule has 2 rings (SSSR count). The van der Waals surface area contributed by atoms with Crippen molar-refractivity contribution in [3.8, 4) is 0 Å². The average molecular weight is 307 g/mol. The first-order valence-corrected chi connectivity index (χ1v) is 9.22. The molecule has 2 atom stereocenters. The molecule has 1 fully saturated rings. The third-order valence-corrected chi connectivity index (χ3v) is 5.75. The standard InChI is InChI=1S/C18H30N2S/c1-13(2)11-19-12-17-6-7-18(10-14(17)3)20-8-9-21-16(5)15(20)4/h6-7,10,13,15-16,19H,8-9,11-12H2,1-5H3. The zero-order valence-corrected chi connectivity index (χ0v) is 15.0. The van der Waals surface area contributed by atoms with Crippen LogP contribution in [0.2, 0.25) is 0 Å². The van der Waals surface area contributed by atoms with Crippen LogP contribution in [0.3, 0.4) is 0 Å². The second kappa shape index (κ2) is 7.55. The minimum Gasteiger partial charge on any atom is -0.367 e. The van der Waals surface area contributed by atoms with Crippen LogP contribution in [0.25, 0.3) is 0 Å². The third-order valence-electron chi connectivity index (χ3n) is 4.41. The van der Waals surface area contributed by atoms with Gasteiger partial charge in [0, 0.05) is 35.8 Å². The SMILES string of the molecule is Cc1cc(N2CCSC(C)C2C)ccc1CNCC(C)C. The quantitative estimate of drug-likeness (QED) is 0.883. The summed E-state index contributed by atoms with van der Waals surface area (Å²) in [4.78, 5) is 2.57. The van der Waals surface area contributed by atoms with Crippen LogP contribution < -0.4 is 10.2 Å². The number of rotatable bonds is 5. The summed E-state index contributed by atoms with van der Waals surface area (Å²) < 4.78 is 0. The maximum absolute atomic E-state index is 3.54. The van der Waals surface area contributed by atoms with Gasteiger partial charge < -0.3 is 10.2 Å². The highest BCUT2D eigenvalue weighted by molar-refractivity contribution is 8.00. The van der Waals surface area contributed by atoms with Gasteiger partial charge in [-0.1, -0.05) is 26.8 Å². The predicted octanol–water partition coefficient (Wildman–Crippen LogP) is 4.07. The highest BCUT2D eigenvalue weighted by Crippen LogP contribution is 2.30. The Morgan fingerprint density at radius 1 is 1.33 bits per heavy atom. The lowest BCUT2D eigenvalue weighted by Crippen LogP contribution is -2.44. The molecule has 1 aromatic rings. The first kappa shape index (κ1) is 16.7. The molecule has 2 unspecified atom stereocenters. The summed E-state index contributed by atoms with van der Waals surface area (Å²) in [7, 11) is 0. The van der Waals surface area contributed by atoms with Crippen molar-refractivity contribution in [2.45, 2.75) is 52.5 Å². The minimum atomic E-state index is 0.619. The fourth-order valence-corrected chi connectivity index (χ4v) is 3.95. The number of aryl methyl sites for hydroxylation is 1. The Labute approximate surface area is 134 Å². The summed E-state index contributed by atoms with van der Waals surface area (Å²) in [6, 6.07) is 7.59. The molecule has 1 aliphatic rings. The third kappa shape index (κ3) is 4.40. The summed E-state index contributed by atoms with van der Waals surface area (Å²) in [6.45, 7) is 14.7. The van der Waals surface area contributed by atoms with Gasteiger partial charge in [-0.3, -0.25) is 0 Å². The Morgan fingerprint density at radius 3 is 2.76 bits per heavy atom. The number of nitrogens with one attached hydrogen (secondary N) is 1. The summed E-state index contributed by atoms with van der Waals surface area (Å²) in [5, 5.41) is 4.25. The van der Waals surface area contributed by atoms with E-state index in [2.05, 4.69) is 74.8 Å². The van der Waals surface area contributed by atoms with Crippen molar-refractivity contribution in [1.29, 1.82) is 0 Å². The normalized spacial score (nSPS) is 22.9. The number of hydrogen-bond acceptors (Lipinski definition) is 3. The molecular formula is C18H30N2S. The van der Waals surface area contributed by atoms with Crippen LogP contribution in [0, 0.1) is 12.8 Å². The topological polar surface area (TPSA) is 15.3 Å². The number of hydrogen-bond donors (Lipinski definition) is 1. The van der Waals surface area contributed by atoms with Crippen LogP contribution in [0.1, 0.15) is 38.8 Å². The Balaban J connectivity index is 2.04. The lowest BCUT2D eigenvalue weighted by atomic mass is 10.1. The van der Waals surface area contributed by atoms with E-state index in [1.807, 2.05) is 0 Å². The van der Waals surface area contributed by atoms with Crippen molar-refractivity contribution < 1.29 is 0 Å². The molecule has 0 aromatic heterocycles. The van der Waals surface area contributed by atoms with Gasteiger partial charge in [-0.15, -0.1) is 0 Å². The zero-order chi connectivity index (χ0) is 15.4. The van der Waals surface area contributed by atoms with Gasteiger partial charge in [-0.2, -0.15) is 11.8 Å². The Kier molecular flexibility index (Phi) is 6.00. The van der Waals surface area contributed by atoms with E-state index in [1.165, 1.54) is 29.1 Å². The van der Waals surface area contributed by atoms with Crippen LogP contribution in [0.15, 0.2) is 18.2 Å². The molecule has 1 heterocycles. The molecule has 1 aliphatic heterocycles. The second-order valence-electron chi connectivity index (χ2n) is 6.65. The van der Waals surface area contributed by atoms with E-state index >= 15 is 0 Å². The van der Waals surface area contributed by atoms with Gasteiger partial charge in [0.15, 0.2) is 0 Å². The molecule has 0 amide bonds.